The molecule has 0 aliphatic carbocycles. The van der Waals surface area contributed by atoms with Gasteiger partial charge in [-0.25, -0.2) is 0 Å². The molecule has 0 aromatic carbocycles. The Kier molecular flexibility index (Phi) is 2.94. The normalized spacial score (nSPS) is 16.7. The molecule has 7 nitrogen and oxygen atoms in total. The minimum absolute atomic E-state index is 0.0357. The van der Waals surface area contributed by atoms with E-state index < -0.39 is 0 Å². The Bertz CT molecular complexity index is 605. The number of amides is 1. The molecule has 100 valence electrons. The van der Waals surface area contributed by atoms with E-state index in [2.05, 4.69) is 15.4 Å². The van der Waals surface area contributed by atoms with Gasteiger partial charge in [0.15, 0.2) is 0 Å². The molecule has 2 aromatic rings. The molecule has 0 radical (unpaired) electrons. The SMILES string of the molecule is O=C(c1ccn[nH]1)N1CCC(c2cc(=O)[nH]o2)CC1. The summed E-state index contributed by atoms with van der Waals surface area (Å²) in [6, 6.07) is 3.15. The van der Waals surface area contributed by atoms with Gasteiger partial charge in [0.25, 0.3) is 11.5 Å². The fourth-order valence-electron chi connectivity index (χ4n) is 2.41. The lowest BCUT2D eigenvalue weighted by molar-refractivity contribution is 0.0700. The molecule has 0 saturated carbocycles. The summed E-state index contributed by atoms with van der Waals surface area (Å²) < 4.78 is 5.11. The van der Waals surface area contributed by atoms with Crippen molar-refractivity contribution in [1.82, 2.24) is 20.3 Å². The first-order valence-electron chi connectivity index (χ1n) is 6.21. The number of carbonyl (C=O) groups is 1. The van der Waals surface area contributed by atoms with Gasteiger partial charge >= 0.3 is 0 Å². The Balaban J connectivity index is 1.63. The first-order chi connectivity index (χ1) is 9.24. The largest absolute Gasteiger partial charge is 0.383 e. The van der Waals surface area contributed by atoms with Crippen LogP contribution in [0.2, 0.25) is 0 Å². The average Bonchev–Trinajstić information content (AvgIpc) is 3.09. The van der Waals surface area contributed by atoms with Gasteiger partial charge in [-0.15, -0.1) is 0 Å². The van der Waals surface area contributed by atoms with Crippen LogP contribution in [0.1, 0.15) is 35.0 Å². The van der Waals surface area contributed by atoms with Gasteiger partial charge in [-0.2, -0.15) is 10.3 Å². The van der Waals surface area contributed by atoms with Crippen LogP contribution in [0.3, 0.4) is 0 Å². The Morgan fingerprint density at radius 2 is 2.21 bits per heavy atom. The number of likely N-dealkylation sites (tertiary alicyclic amines) is 1. The predicted octanol–water partition coefficient (Wildman–Crippen LogP) is 0.711. The van der Waals surface area contributed by atoms with Crippen LogP contribution >= 0.6 is 0 Å². The zero-order valence-corrected chi connectivity index (χ0v) is 10.3. The number of rotatable bonds is 2. The minimum atomic E-state index is -0.217. The maximum Gasteiger partial charge on any atom is 0.280 e. The number of piperidine rings is 1. The van der Waals surface area contributed by atoms with Gasteiger partial charge < -0.3 is 9.42 Å². The van der Waals surface area contributed by atoms with Gasteiger partial charge in [-0.1, -0.05) is 0 Å². The third-order valence-corrected chi connectivity index (χ3v) is 3.46. The smallest absolute Gasteiger partial charge is 0.280 e. The molecule has 3 heterocycles. The number of nitrogens with zero attached hydrogens (tertiary/aromatic N) is 2. The molecule has 7 heteroatoms. The fraction of sp³-hybridized carbons (Fsp3) is 0.417. The van der Waals surface area contributed by atoms with Gasteiger partial charge in [-0.3, -0.25) is 14.7 Å². The van der Waals surface area contributed by atoms with E-state index in [1.54, 1.807) is 17.2 Å². The van der Waals surface area contributed by atoms with Crippen molar-refractivity contribution in [2.24, 2.45) is 0 Å². The summed E-state index contributed by atoms with van der Waals surface area (Å²) in [5.41, 5.74) is 0.289. The lowest BCUT2D eigenvalue weighted by Gasteiger charge is -2.30. The highest BCUT2D eigenvalue weighted by Crippen LogP contribution is 2.27. The highest BCUT2D eigenvalue weighted by atomic mass is 16.5. The third-order valence-electron chi connectivity index (χ3n) is 3.46. The molecule has 1 aliphatic rings. The van der Waals surface area contributed by atoms with E-state index in [-0.39, 0.29) is 17.4 Å². The molecule has 3 rings (SSSR count). The number of nitrogens with one attached hydrogen (secondary N) is 2. The number of H-pyrrole nitrogens is 2. The maximum atomic E-state index is 12.1. The molecule has 0 spiro atoms. The van der Waals surface area contributed by atoms with Crippen molar-refractivity contribution in [1.29, 1.82) is 0 Å². The fourth-order valence-corrected chi connectivity index (χ4v) is 2.41. The van der Waals surface area contributed by atoms with Gasteiger partial charge in [0.1, 0.15) is 11.5 Å². The average molecular weight is 262 g/mol. The van der Waals surface area contributed by atoms with Crippen LogP contribution in [0.15, 0.2) is 27.6 Å². The van der Waals surface area contributed by atoms with Gasteiger partial charge in [0.2, 0.25) is 0 Å². The van der Waals surface area contributed by atoms with Crippen LogP contribution in [0.4, 0.5) is 0 Å². The lowest BCUT2D eigenvalue weighted by atomic mass is 9.94. The second kappa shape index (κ2) is 4.75. The van der Waals surface area contributed by atoms with Crippen LogP contribution < -0.4 is 5.56 Å². The topological polar surface area (TPSA) is 95.0 Å². The molecule has 1 saturated heterocycles. The molecule has 0 atom stereocenters. The predicted molar refractivity (Wildman–Crippen MR) is 65.8 cm³/mol. The summed E-state index contributed by atoms with van der Waals surface area (Å²) in [6.45, 7) is 1.30. The zero-order valence-electron chi connectivity index (χ0n) is 10.3. The van der Waals surface area contributed by atoms with Crippen LogP contribution in [0, 0.1) is 0 Å². The first-order valence-corrected chi connectivity index (χ1v) is 6.21. The second-order valence-corrected chi connectivity index (χ2v) is 4.65. The third kappa shape index (κ3) is 2.31. The molecule has 1 aliphatic heterocycles. The Morgan fingerprint density at radius 3 is 2.79 bits per heavy atom. The van der Waals surface area contributed by atoms with Gasteiger partial charge in [0.05, 0.1) is 0 Å². The van der Waals surface area contributed by atoms with Gasteiger partial charge in [-0.05, 0) is 18.9 Å². The summed E-state index contributed by atoms with van der Waals surface area (Å²) in [5.74, 6) is 0.842. The maximum absolute atomic E-state index is 12.1. The minimum Gasteiger partial charge on any atom is -0.383 e. The molecular weight excluding hydrogens is 248 g/mol. The van der Waals surface area contributed by atoms with Crippen LogP contribution in [0.5, 0.6) is 0 Å². The molecule has 2 aromatic heterocycles. The summed E-state index contributed by atoms with van der Waals surface area (Å²) in [7, 11) is 0. The van der Waals surface area contributed by atoms with Crippen LogP contribution in [-0.4, -0.2) is 39.3 Å². The second-order valence-electron chi connectivity index (χ2n) is 4.65. The summed E-state index contributed by atoms with van der Waals surface area (Å²) in [4.78, 5) is 24.9. The summed E-state index contributed by atoms with van der Waals surface area (Å²) >= 11 is 0. The number of aromatic nitrogens is 3. The van der Waals surface area contributed by atoms with E-state index >= 15 is 0 Å². The van der Waals surface area contributed by atoms with Crippen molar-refractivity contribution < 1.29 is 9.32 Å². The lowest BCUT2D eigenvalue weighted by Crippen LogP contribution is -2.38. The highest BCUT2D eigenvalue weighted by Gasteiger charge is 2.27. The van der Waals surface area contributed by atoms with Crippen molar-refractivity contribution in [2.45, 2.75) is 18.8 Å². The standard InChI is InChI=1S/C12H14N4O3/c17-11-7-10(19-15-11)8-2-5-16(6-3-8)12(18)9-1-4-13-14-9/h1,4,7-8H,2-3,5-6H2,(H,13,14)(H,15,17). The molecule has 0 unspecified atom stereocenters. The van der Waals surface area contributed by atoms with E-state index in [1.165, 1.54) is 6.07 Å². The molecule has 19 heavy (non-hydrogen) atoms. The summed E-state index contributed by atoms with van der Waals surface area (Å²) in [6.07, 6.45) is 3.15. The Morgan fingerprint density at radius 1 is 1.42 bits per heavy atom. The van der Waals surface area contributed by atoms with Crippen molar-refractivity contribution in [3.05, 3.63) is 40.1 Å². The molecular formula is C12H14N4O3. The van der Waals surface area contributed by atoms with E-state index in [9.17, 15) is 9.59 Å². The highest BCUT2D eigenvalue weighted by molar-refractivity contribution is 5.92. The number of aromatic amines is 2. The zero-order chi connectivity index (χ0) is 13.2. The first kappa shape index (κ1) is 11.8. The molecule has 1 fully saturated rings. The number of hydrogen-bond donors (Lipinski definition) is 2. The van der Waals surface area contributed by atoms with Crippen molar-refractivity contribution in [3.8, 4) is 0 Å². The number of carbonyl (C=O) groups excluding carboxylic acids is 1. The van der Waals surface area contributed by atoms with E-state index in [0.717, 1.165) is 12.8 Å². The Labute approximate surface area is 108 Å². The number of hydrogen-bond acceptors (Lipinski definition) is 4. The van der Waals surface area contributed by atoms with E-state index in [1.807, 2.05) is 0 Å². The van der Waals surface area contributed by atoms with Crippen LogP contribution in [0.25, 0.3) is 0 Å². The van der Waals surface area contributed by atoms with E-state index in [0.29, 0.717) is 24.5 Å². The quantitative estimate of drug-likeness (QED) is 0.833. The Hall–Kier alpha value is -2.31. The van der Waals surface area contributed by atoms with Crippen LogP contribution in [-0.2, 0) is 0 Å². The van der Waals surface area contributed by atoms with Crippen molar-refractivity contribution in [2.75, 3.05) is 13.1 Å². The molecule has 0 bridgehead atoms. The molecule has 1 amide bonds. The van der Waals surface area contributed by atoms with Crippen molar-refractivity contribution in [3.63, 3.8) is 0 Å². The van der Waals surface area contributed by atoms with E-state index in [4.69, 9.17) is 4.52 Å². The summed E-state index contributed by atoms with van der Waals surface area (Å²) in [5, 5.41) is 8.75. The van der Waals surface area contributed by atoms with Gasteiger partial charge in [0, 0.05) is 31.3 Å². The monoisotopic (exact) mass is 262 g/mol. The van der Waals surface area contributed by atoms with Crippen molar-refractivity contribution >= 4 is 5.91 Å². The molecule has 2 N–H and O–H groups in total.